The molecule has 0 aromatic heterocycles. The van der Waals surface area contributed by atoms with Gasteiger partial charge in [-0.3, -0.25) is 14.7 Å². The third kappa shape index (κ3) is 7.77. The largest absolute Gasteiger partial charge is 0.346 e. The van der Waals surface area contributed by atoms with Crippen molar-refractivity contribution in [3.05, 3.63) is 115 Å². The summed E-state index contributed by atoms with van der Waals surface area (Å²) in [6, 6.07) is 32.3. The Morgan fingerprint density at radius 1 is 0.500 bits per heavy atom. The molecule has 0 saturated carbocycles. The Labute approximate surface area is 195 Å². The van der Waals surface area contributed by atoms with E-state index >= 15 is 0 Å². The molecule has 0 radical (unpaired) electrons. The Hall–Kier alpha value is -1.84. The van der Waals surface area contributed by atoms with E-state index in [1.165, 1.54) is 16.7 Å². The molecule has 30 heavy (non-hydrogen) atoms. The van der Waals surface area contributed by atoms with E-state index in [0.29, 0.717) is 0 Å². The van der Waals surface area contributed by atoms with Gasteiger partial charge in [-0.05, 0) is 16.7 Å². The minimum atomic E-state index is 0. The summed E-state index contributed by atoms with van der Waals surface area (Å²) >= 11 is 0. The Balaban J connectivity index is 0.00000104. The van der Waals surface area contributed by atoms with Crippen LogP contribution in [0.3, 0.4) is 0 Å². The van der Waals surface area contributed by atoms with Crippen molar-refractivity contribution >= 4 is 0 Å². The maximum absolute atomic E-state index is 3.25. The molecule has 0 amide bonds. The molecule has 1 aliphatic rings. The summed E-state index contributed by atoms with van der Waals surface area (Å²) in [5, 5.41) is 0. The molecule has 0 bridgehead atoms. The topological polar surface area (TPSA) is 9.72 Å². The predicted molar refractivity (Wildman–Crippen MR) is 122 cm³/mol. The van der Waals surface area contributed by atoms with Crippen LogP contribution in [0.25, 0.3) is 0 Å². The first kappa shape index (κ1) is 24.4. The maximum Gasteiger partial charge on any atom is 0.0537 e. The fraction of sp³-hybridized carbons (Fsp3) is 0.269. The van der Waals surface area contributed by atoms with Gasteiger partial charge >= 0.3 is 0 Å². The van der Waals surface area contributed by atoms with Gasteiger partial charge in [0, 0.05) is 39.1 Å². The van der Waals surface area contributed by atoms with E-state index < -0.39 is 0 Å². The Morgan fingerprint density at radius 3 is 0.967 bits per heavy atom. The molecule has 1 heterocycles. The second kappa shape index (κ2) is 13.5. The fourth-order valence-electron chi connectivity index (χ4n) is 3.81. The molecule has 4 rings (SSSR count). The molecule has 1 saturated heterocycles. The van der Waals surface area contributed by atoms with E-state index in [1.54, 1.807) is 6.92 Å². The van der Waals surface area contributed by atoms with Gasteiger partial charge in [0.25, 0.3) is 0 Å². The van der Waals surface area contributed by atoms with Crippen LogP contribution in [-0.4, -0.2) is 34.7 Å². The minimum absolute atomic E-state index is 0. The molecule has 3 aromatic carbocycles. The van der Waals surface area contributed by atoms with Crippen LogP contribution in [-0.2, 0) is 39.1 Å². The SMILES string of the molecule is [CH2-]C.[Zn].c1ccc(CN2CN(Cc3ccccc3)CN(Cc3ccccc3)C2)cc1. The number of benzene rings is 3. The quantitative estimate of drug-likeness (QED) is 0.376. The number of hydrogen-bond donors (Lipinski definition) is 0. The average molecular weight is 452 g/mol. The molecule has 1 aliphatic heterocycles. The molecule has 1 fully saturated rings. The van der Waals surface area contributed by atoms with Crippen LogP contribution in [0, 0.1) is 6.92 Å². The van der Waals surface area contributed by atoms with Crippen LogP contribution < -0.4 is 0 Å². The summed E-state index contributed by atoms with van der Waals surface area (Å²) in [7, 11) is 0. The molecule has 0 N–H and O–H groups in total. The van der Waals surface area contributed by atoms with Crippen molar-refractivity contribution < 1.29 is 19.5 Å². The molecule has 154 valence electrons. The van der Waals surface area contributed by atoms with Gasteiger partial charge in [-0.2, -0.15) is 6.92 Å². The number of rotatable bonds is 6. The predicted octanol–water partition coefficient (Wildman–Crippen LogP) is 5.22. The van der Waals surface area contributed by atoms with E-state index in [-0.39, 0.29) is 19.5 Å². The van der Waals surface area contributed by atoms with Crippen molar-refractivity contribution in [3.8, 4) is 0 Å². The van der Waals surface area contributed by atoms with Crippen molar-refractivity contribution in [1.82, 2.24) is 14.7 Å². The number of hydrogen-bond acceptors (Lipinski definition) is 3. The summed E-state index contributed by atoms with van der Waals surface area (Å²) in [6.07, 6.45) is 0. The zero-order valence-corrected chi connectivity index (χ0v) is 21.1. The monoisotopic (exact) mass is 450 g/mol. The Morgan fingerprint density at radius 2 is 0.733 bits per heavy atom. The Kier molecular flexibility index (Phi) is 11.0. The first-order valence-corrected chi connectivity index (χ1v) is 10.3. The van der Waals surface area contributed by atoms with Crippen molar-refractivity contribution in [2.75, 3.05) is 20.0 Å². The standard InChI is InChI=1S/C24H27N3.C2H5.Zn/c1-4-10-22(11-5-1)16-25-19-26(17-23-12-6-2-7-13-23)21-27(20-25)18-24-14-8-3-9-15-24;1-2;/h1-15H,16-21H2;1H2,2H3;/q;-1;. The van der Waals surface area contributed by atoms with E-state index in [0.717, 1.165) is 39.6 Å². The maximum atomic E-state index is 3.25. The molecule has 0 aliphatic carbocycles. The van der Waals surface area contributed by atoms with Gasteiger partial charge in [0.05, 0.1) is 20.0 Å². The molecule has 4 heteroatoms. The zero-order chi connectivity index (χ0) is 20.3. The van der Waals surface area contributed by atoms with Crippen LogP contribution in [0.2, 0.25) is 0 Å². The van der Waals surface area contributed by atoms with Crippen LogP contribution in [0.4, 0.5) is 0 Å². The normalized spacial score (nSPS) is 15.0. The summed E-state index contributed by atoms with van der Waals surface area (Å²) in [6.45, 7) is 10.9. The second-order valence-corrected chi connectivity index (χ2v) is 7.37. The van der Waals surface area contributed by atoms with Gasteiger partial charge in [0.2, 0.25) is 0 Å². The third-order valence-electron chi connectivity index (χ3n) is 4.95. The van der Waals surface area contributed by atoms with E-state index in [1.807, 2.05) is 0 Å². The third-order valence-corrected chi connectivity index (χ3v) is 4.95. The van der Waals surface area contributed by atoms with Gasteiger partial charge in [0.1, 0.15) is 0 Å². The first-order chi connectivity index (χ1) is 14.3. The molecule has 0 atom stereocenters. The minimum Gasteiger partial charge on any atom is -0.346 e. The van der Waals surface area contributed by atoms with E-state index in [9.17, 15) is 0 Å². The smallest absolute Gasteiger partial charge is 0.0537 e. The Bertz CT molecular complexity index is 693. The van der Waals surface area contributed by atoms with Crippen LogP contribution in [0.15, 0.2) is 91.0 Å². The summed E-state index contributed by atoms with van der Waals surface area (Å²) < 4.78 is 0. The van der Waals surface area contributed by atoms with Gasteiger partial charge in [-0.1, -0.05) is 91.0 Å². The second-order valence-electron chi connectivity index (χ2n) is 7.37. The molecule has 0 spiro atoms. The molecule has 0 unspecified atom stereocenters. The molecular formula is C26H32N3Zn-. The summed E-state index contributed by atoms with van der Waals surface area (Å²) in [4.78, 5) is 7.60. The zero-order valence-electron chi connectivity index (χ0n) is 18.2. The summed E-state index contributed by atoms with van der Waals surface area (Å²) in [5.74, 6) is 0. The van der Waals surface area contributed by atoms with Crippen molar-refractivity contribution in [1.29, 1.82) is 0 Å². The van der Waals surface area contributed by atoms with E-state index in [2.05, 4.69) is 113 Å². The van der Waals surface area contributed by atoms with Crippen LogP contribution in [0.5, 0.6) is 0 Å². The van der Waals surface area contributed by atoms with Crippen molar-refractivity contribution in [2.45, 2.75) is 26.6 Å². The van der Waals surface area contributed by atoms with Crippen molar-refractivity contribution in [3.63, 3.8) is 0 Å². The summed E-state index contributed by atoms with van der Waals surface area (Å²) in [5.41, 5.74) is 4.12. The molecule has 3 aromatic rings. The van der Waals surface area contributed by atoms with Gasteiger partial charge < -0.3 is 6.92 Å². The van der Waals surface area contributed by atoms with Crippen LogP contribution in [0.1, 0.15) is 23.6 Å². The van der Waals surface area contributed by atoms with Gasteiger partial charge in [0.15, 0.2) is 0 Å². The molecular weight excluding hydrogens is 420 g/mol. The number of nitrogens with zero attached hydrogens (tertiary/aromatic N) is 3. The first-order valence-electron chi connectivity index (χ1n) is 10.3. The fourth-order valence-corrected chi connectivity index (χ4v) is 3.81. The van der Waals surface area contributed by atoms with Crippen molar-refractivity contribution in [2.24, 2.45) is 0 Å². The molecule has 3 nitrogen and oxygen atoms in total. The van der Waals surface area contributed by atoms with Crippen LogP contribution >= 0.6 is 0 Å². The van der Waals surface area contributed by atoms with E-state index in [4.69, 9.17) is 0 Å². The average Bonchev–Trinajstić information content (AvgIpc) is 2.77. The van der Waals surface area contributed by atoms with Gasteiger partial charge in [-0.15, -0.1) is 0 Å². The van der Waals surface area contributed by atoms with Gasteiger partial charge in [-0.25, -0.2) is 0 Å².